The molecular weight excluding hydrogens is 249 g/mol. The lowest BCUT2D eigenvalue weighted by molar-refractivity contribution is -0.122. The van der Waals surface area contributed by atoms with Crippen LogP contribution in [0.2, 0.25) is 0 Å². The highest BCUT2D eigenvalue weighted by Crippen LogP contribution is 2.15. The number of halogens is 1. The molecule has 1 unspecified atom stereocenters. The molecule has 6 heteroatoms. The van der Waals surface area contributed by atoms with E-state index in [-0.39, 0.29) is 5.56 Å². The molecule has 0 radical (unpaired) electrons. The fourth-order valence-corrected chi connectivity index (χ4v) is 2.15. The van der Waals surface area contributed by atoms with Crippen LogP contribution in [0.15, 0.2) is 18.2 Å². The van der Waals surface area contributed by atoms with Gasteiger partial charge in [0.2, 0.25) is 5.91 Å². The molecule has 1 fully saturated rings. The van der Waals surface area contributed by atoms with Crippen molar-refractivity contribution in [2.24, 2.45) is 5.73 Å². The van der Waals surface area contributed by atoms with Crippen molar-refractivity contribution in [3.05, 3.63) is 35.1 Å². The van der Waals surface area contributed by atoms with Gasteiger partial charge in [-0.2, -0.15) is 0 Å². The Bertz CT molecular complexity index is 519. The van der Waals surface area contributed by atoms with Crippen molar-refractivity contribution in [1.29, 1.82) is 0 Å². The highest BCUT2D eigenvalue weighted by Gasteiger charge is 2.32. The van der Waals surface area contributed by atoms with Crippen LogP contribution >= 0.6 is 0 Å². The van der Waals surface area contributed by atoms with E-state index in [1.54, 1.807) is 13.0 Å². The van der Waals surface area contributed by atoms with E-state index in [2.05, 4.69) is 5.32 Å². The summed E-state index contributed by atoms with van der Waals surface area (Å²) in [6, 6.07) is 3.67. The zero-order valence-electron chi connectivity index (χ0n) is 10.6. The van der Waals surface area contributed by atoms with Crippen LogP contribution in [0.25, 0.3) is 0 Å². The predicted octanol–water partition coefficient (Wildman–Crippen LogP) is 0.0334. The molecule has 3 N–H and O–H groups in total. The molecule has 102 valence electrons. The van der Waals surface area contributed by atoms with Crippen molar-refractivity contribution >= 4 is 11.8 Å². The number of hydrogen-bond donors (Lipinski definition) is 2. The number of amides is 2. The average molecular weight is 265 g/mol. The van der Waals surface area contributed by atoms with E-state index in [4.69, 9.17) is 5.73 Å². The van der Waals surface area contributed by atoms with Gasteiger partial charge in [-0.05, 0) is 24.6 Å². The van der Waals surface area contributed by atoms with Crippen molar-refractivity contribution < 1.29 is 14.0 Å². The molecule has 5 nitrogen and oxygen atoms in total. The number of hydrogen-bond acceptors (Lipinski definition) is 3. The van der Waals surface area contributed by atoms with Crippen LogP contribution in [0.1, 0.15) is 15.9 Å². The lowest BCUT2D eigenvalue weighted by atomic mass is 10.1. The van der Waals surface area contributed by atoms with Crippen LogP contribution in [0, 0.1) is 12.7 Å². The van der Waals surface area contributed by atoms with Crippen LogP contribution in [0.3, 0.4) is 0 Å². The number of nitrogens with one attached hydrogen (secondary N) is 1. The van der Waals surface area contributed by atoms with Gasteiger partial charge in [0.15, 0.2) is 0 Å². The summed E-state index contributed by atoms with van der Waals surface area (Å²) in [6.07, 6.45) is 0. The van der Waals surface area contributed by atoms with Crippen LogP contribution in [0.5, 0.6) is 0 Å². The Balaban J connectivity index is 2.28. The maximum atomic E-state index is 13.8. The normalized spacial score (nSPS) is 19.3. The Hall–Kier alpha value is -1.95. The molecule has 1 heterocycles. The SMILES string of the molecule is Cc1ccc(C(=O)N2CCNCC2C(N)=O)c(F)c1. The van der Waals surface area contributed by atoms with Gasteiger partial charge in [-0.3, -0.25) is 9.59 Å². The Labute approximate surface area is 110 Å². The molecule has 0 spiro atoms. The minimum absolute atomic E-state index is 0.0289. The quantitative estimate of drug-likeness (QED) is 0.792. The van der Waals surface area contributed by atoms with Crippen molar-refractivity contribution in [3.8, 4) is 0 Å². The van der Waals surface area contributed by atoms with E-state index >= 15 is 0 Å². The number of nitrogens with two attached hydrogens (primary N) is 1. The Kier molecular flexibility index (Phi) is 3.80. The van der Waals surface area contributed by atoms with Gasteiger partial charge in [0.1, 0.15) is 11.9 Å². The van der Waals surface area contributed by atoms with Crippen LogP contribution < -0.4 is 11.1 Å². The Morgan fingerprint density at radius 2 is 2.21 bits per heavy atom. The highest BCUT2D eigenvalue weighted by molar-refractivity contribution is 5.97. The minimum Gasteiger partial charge on any atom is -0.368 e. The fraction of sp³-hybridized carbons (Fsp3) is 0.385. The maximum Gasteiger partial charge on any atom is 0.257 e. The summed E-state index contributed by atoms with van der Waals surface area (Å²) < 4.78 is 13.8. The van der Waals surface area contributed by atoms with E-state index in [0.29, 0.717) is 19.6 Å². The van der Waals surface area contributed by atoms with Crippen molar-refractivity contribution in [3.63, 3.8) is 0 Å². The van der Waals surface area contributed by atoms with E-state index < -0.39 is 23.7 Å². The second-order valence-corrected chi connectivity index (χ2v) is 4.60. The predicted molar refractivity (Wildman–Crippen MR) is 68.0 cm³/mol. The number of rotatable bonds is 2. The smallest absolute Gasteiger partial charge is 0.257 e. The zero-order chi connectivity index (χ0) is 14.0. The summed E-state index contributed by atoms with van der Waals surface area (Å²) >= 11 is 0. The zero-order valence-corrected chi connectivity index (χ0v) is 10.6. The third kappa shape index (κ3) is 2.73. The average Bonchev–Trinajstić information content (AvgIpc) is 2.38. The van der Waals surface area contributed by atoms with Crippen molar-refractivity contribution in [1.82, 2.24) is 10.2 Å². The highest BCUT2D eigenvalue weighted by atomic mass is 19.1. The van der Waals surface area contributed by atoms with Crippen molar-refractivity contribution in [2.45, 2.75) is 13.0 Å². The molecule has 19 heavy (non-hydrogen) atoms. The maximum absolute atomic E-state index is 13.8. The number of piperazine rings is 1. The molecule has 1 aromatic rings. The molecular formula is C13H16FN3O2. The van der Waals surface area contributed by atoms with Crippen molar-refractivity contribution in [2.75, 3.05) is 19.6 Å². The molecule has 1 saturated heterocycles. The first-order valence-electron chi connectivity index (χ1n) is 6.08. The van der Waals surface area contributed by atoms with Gasteiger partial charge < -0.3 is 16.0 Å². The lowest BCUT2D eigenvalue weighted by Crippen LogP contribution is -2.58. The number of primary amides is 1. The largest absolute Gasteiger partial charge is 0.368 e. The summed E-state index contributed by atoms with van der Waals surface area (Å²) in [5.74, 6) is -1.66. The molecule has 2 amide bonds. The second kappa shape index (κ2) is 5.36. The third-order valence-electron chi connectivity index (χ3n) is 3.19. The molecule has 1 aliphatic heterocycles. The van der Waals surface area contributed by atoms with Gasteiger partial charge in [-0.25, -0.2) is 4.39 Å². The van der Waals surface area contributed by atoms with E-state index in [0.717, 1.165) is 5.56 Å². The lowest BCUT2D eigenvalue weighted by Gasteiger charge is -2.34. The first-order chi connectivity index (χ1) is 9.00. The molecule has 1 aromatic carbocycles. The number of benzene rings is 1. The summed E-state index contributed by atoms with van der Waals surface area (Å²) in [6.45, 7) is 2.94. The van der Waals surface area contributed by atoms with Gasteiger partial charge in [0.05, 0.1) is 5.56 Å². The molecule has 0 aliphatic carbocycles. The van der Waals surface area contributed by atoms with Gasteiger partial charge >= 0.3 is 0 Å². The topological polar surface area (TPSA) is 75.4 Å². The number of aryl methyl sites for hydroxylation is 1. The molecule has 0 aromatic heterocycles. The minimum atomic E-state index is -0.734. The summed E-state index contributed by atoms with van der Waals surface area (Å²) in [4.78, 5) is 25.0. The molecule has 2 rings (SSSR count). The van der Waals surface area contributed by atoms with Gasteiger partial charge in [-0.1, -0.05) is 6.07 Å². The molecule has 1 aliphatic rings. The van der Waals surface area contributed by atoms with Gasteiger partial charge in [-0.15, -0.1) is 0 Å². The monoisotopic (exact) mass is 265 g/mol. The first kappa shape index (κ1) is 13.5. The molecule has 1 atom stereocenters. The number of carbonyl (C=O) groups is 2. The van der Waals surface area contributed by atoms with Gasteiger partial charge in [0, 0.05) is 19.6 Å². The van der Waals surface area contributed by atoms with Crippen LogP contribution in [-0.2, 0) is 4.79 Å². The Morgan fingerprint density at radius 1 is 1.47 bits per heavy atom. The number of carbonyl (C=O) groups excluding carboxylic acids is 2. The number of nitrogens with zero attached hydrogens (tertiary/aromatic N) is 1. The fourth-order valence-electron chi connectivity index (χ4n) is 2.15. The summed E-state index contributed by atoms with van der Waals surface area (Å²) in [5.41, 5.74) is 5.98. The standard InChI is InChI=1S/C13H16FN3O2/c1-8-2-3-9(10(14)6-8)13(19)17-5-4-16-7-11(17)12(15)18/h2-3,6,11,16H,4-5,7H2,1H3,(H2,15,18). The summed E-state index contributed by atoms with van der Waals surface area (Å²) in [5, 5.41) is 2.99. The first-order valence-corrected chi connectivity index (χ1v) is 6.08. The summed E-state index contributed by atoms with van der Waals surface area (Å²) in [7, 11) is 0. The Morgan fingerprint density at radius 3 is 2.84 bits per heavy atom. The second-order valence-electron chi connectivity index (χ2n) is 4.60. The van der Waals surface area contributed by atoms with Crippen LogP contribution in [-0.4, -0.2) is 42.4 Å². The van der Waals surface area contributed by atoms with Crippen LogP contribution in [0.4, 0.5) is 4.39 Å². The van der Waals surface area contributed by atoms with E-state index in [1.807, 2.05) is 0 Å². The van der Waals surface area contributed by atoms with Gasteiger partial charge in [0.25, 0.3) is 5.91 Å². The molecule has 0 bridgehead atoms. The van der Waals surface area contributed by atoms with E-state index in [9.17, 15) is 14.0 Å². The van der Waals surface area contributed by atoms with E-state index in [1.165, 1.54) is 17.0 Å². The molecule has 0 saturated carbocycles. The third-order valence-corrected chi connectivity index (χ3v) is 3.19.